The van der Waals surface area contributed by atoms with E-state index < -0.39 is 36.0 Å². The van der Waals surface area contributed by atoms with Crippen LogP contribution in [0.2, 0.25) is 0 Å². The maximum Gasteiger partial charge on any atom is 0.305 e. The molecule has 138 valence electrons. The molecule has 2 N–H and O–H groups in total. The minimum atomic E-state index is -1.19. The number of amides is 1. The Balaban J connectivity index is 1.83. The Bertz CT molecular complexity index is 990. The van der Waals surface area contributed by atoms with Crippen molar-refractivity contribution in [2.45, 2.75) is 12.5 Å². The van der Waals surface area contributed by atoms with Gasteiger partial charge in [0.2, 0.25) is 0 Å². The number of carbonyl (C=O) groups is 2. The van der Waals surface area contributed by atoms with Gasteiger partial charge in [-0.15, -0.1) is 11.3 Å². The van der Waals surface area contributed by atoms with Crippen molar-refractivity contribution in [2.24, 2.45) is 0 Å². The number of benzene rings is 2. The molecule has 0 fully saturated rings. The number of carbonyl (C=O) groups excluding carboxylic acids is 1. The SMILES string of the molecule is O=C(O)C[C@H](NC(=O)c1csc(-c2ccccc2F)n1)c1ccccc1F. The van der Waals surface area contributed by atoms with Crippen LogP contribution in [0.25, 0.3) is 10.6 Å². The van der Waals surface area contributed by atoms with Crippen LogP contribution in [0.4, 0.5) is 8.78 Å². The van der Waals surface area contributed by atoms with E-state index in [2.05, 4.69) is 10.3 Å². The molecule has 1 aromatic heterocycles. The van der Waals surface area contributed by atoms with Gasteiger partial charge in [-0.25, -0.2) is 13.8 Å². The third kappa shape index (κ3) is 4.35. The summed E-state index contributed by atoms with van der Waals surface area (Å²) in [7, 11) is 0. The highest BCUT2D eigenvalue weighted by molar-refractivity contribution is 7.13. The summed E-state index contributed by atoms with van der Waals surface area (Å²) in [6, 6.07) is 10.6. The third-order valence-electron chi connectivity index (χ3n) is 3.81. The molecule has 0 spiro atoms. The molecule has 0 aliphatic heterocycles. The lowest BCUT2D eigenvalue weighted by atomic mass is 10.0. The van der Waals surface area contributed by atoms with E-state index in [4.69, 9.17) is 5.11 Å². The Morgan fingerprint density at radius 2 is 1.74 bits per heavy atom. The smallest absolute Gasteiger partial charge is 0.305 e. The van der Waals surface area contributed by atoms with Crippen molar-refractivity contribution in [3.8, 4) is 10.6 Å². The predicted octanol–water partition coefficient (Wildman–Crippen LogP) is 4.03. The first-order valence-corrected chi connectivity index (χ1v) is 8.81. The Hall–Kier alpha value is -3.13. The maximum atomic E-state index is 14.0. The fourth-order valence-electron chi connectivity index (χ4n) is 2.54. The number of nitrogens with zero attached hydrogens (tertiary/aromatic N) is 1. The first-order valence-electron chi connectivity index (χ1n) is 7.93. The van der Waals surface area contributed by atoms with Gasteiger partial charge in [0.05, 0.1) is 12.5 Å². The molecule has 1 heterocycles. The van der Waals surface area contributed by atoms with Gasteiger partial charge in [-0.2, -0.15) is 0 Å². The van der Waals surface area contributed by atoms with Gasteiger partial charge in [0.1, 0.15) is 22.3 Å². The highest BCUT2D eigenvalue weighted by Gasteiger charge is 2.23. The van der Waals surface area contributed by atoms with Gasteiger partial charge < -0.3 is 10.4 Å². The molecule has 1 atom stereocenters. The molecule has 0 aliphatic carbocycles. The molecular formula is C19H14F2N2O3S. The number of carboxylic acids is 1. The van der Waals surface area contributed by atoms with Crippen molar-refractivity contribution < 1.29 is 23.5 Å². The minimum Gasteiger partial charge on any atom is -0.481 e. The van der Waals surface area contributed by atoms with Crippen LogP contribution in [0.5, 0.6) is 0 Å². The number of rotatable bonds is 6. The van der Waals surface area contributed by atoms with Gasteiger partial charge in [-0.3, -0.25) is 9.59 Å². The molecule has 1 amide bonds. The van der Waals surface area contributed by atoms with Gasteiger partial charge in [0.25, 0.3) is 5.91 Å². The summed E-state index contributed by atoms with van der Waals surface area (Å²) in [5.41, 5.74) is 0.334. The quantitative estimate of drug-likeness (QED) is 0.668. The van der Waals surface area contributed by atoms with Gasteiger partial charge in [0, 0.05) is 16.5 Å². The molecule has 3 rings (SSSR count). The number of hydrogen-bond acceptors (Lipinski definition) is 4. The topological polar surface area (TPSA) is 79.3 Å². The standard InChI is InChI=1S/C19H14F2N2O3S/c20-13-7-3-1-5-11(13)15(9-17(24)25)22-18(26)16-10-27-19(23-16)12-6-2-4-8-14(12)21/h1-8,10,15H,9H2,(H,22,26)(H,24,25)/t15-/m0/s1. The van der Waals surface area contributed by atoms with Crippen LogP contribution in [0.1, 0.15) is 28.5 Å². The Kier molecular flexibility index (Phi) is 5.56. The molecule has 5 nitrogen and oxygen atoms in total. The minimum absolute atomic E-state index is 0.00461. The van der Waals surface area contributed by atoms with Crippen LogP contribution in [0.3, 0.4) is 0 Å². The summed E-state index contributed by atoms with van der Waals surface area (Å²) < 4.78 is 27.9. The molecular weight excluding hydrogens is 374 g/mol. The molecule has 3 aromatic rings. The lowest BCUT2D eigenvalue weighted by molar-refractivity contribution is -0.137. The van der Waals surface area contributed by atoms with Crippen molar-refractivity contribution in [3.05, 3.63) is 76.8 Å². The van der Waals surface area contributed by atoms with Gasteiger partial charge in [-0.1, -0.05) is 30.3 Å². The third-order valence-corrected chi connectivity index (χ3v) is 4.68. The number of aromatic nitrogens is 1. The number of nitrogens with one attached hydrogen (secondary N) is 1. The fraction of sp³-hybridized carbons (Fsp3) is 0.105. The summed E-state index contributed by atoms with van der Waals surface area (Å²) in [5, 5.41) is 13.3. The molecule has 8 heteroatoms. The first kappa shape index (κ1) is 18.7. The van der Waals surface area contributed by atoms with Crippen molar-refractivity contribution in [1.82, 2.24) is 10.3 Å². The van der Waals surface area contributed by atoms with E-state index in [1.165, 1.54) is 29.6 Å². The number of aliphatic carboxylic acids is 1. The van der Waals surface area contributed by atoms with Crippen molar-refractivity contribution >= 4 is 23.2 Å². The summed E-state index contributed by atoms with van der Waals surface area (Å²) in [6.45, 7) is 0. The summed E-state index contributed by atoms with van der Waals surface area (Å²) in [4.78, 5) is 27.7. The molecule has 27 heavy (non-hydrogen) atoms. The van der Waals surface area contributed by atoms with E-state index >= 15 is 0 Å². The van der Waals surface area contributed by atoms with Crippen molar-refractivity contribution in [1.29, 1.82) is 0 Å². The lowest BCUT2D eigenvalue weighted by Gasteiger charge is -2.17. The molecule has 0 unspecified atom stereocenters. The monoisotopic (exact) mass is 388 g/mol. The van der Waals surface area contributed by atoms with Gasteiger partial charge in [0.15, 0.2) is 0 Å². The van der Waals surface area contributed by atoms with E-state index in [1.807, 2.05) is 0 Å². The molecule has 0 radical (unpaired) electrons. The van der Waals surface area contributed by atoms with E-state index in [0.717, 1.165) is 11.3 Å². The molecule has 0 bridgehead atoms. The van der Waals surface area contributed by atoms with E-state index in [1.54, 1.807) is 24.3 Å². The van der Waals surface area contributed by atoms with Crippen LogP contribution in [-0.4, -0.2) is 22.0 Å². The highest BCUT2D eigenvalue weighted by Crippen LogP contribution is 2.27. The number of halogens is 2. The zero-order valence-corrected chi connectivity index (χ0v) is 14.7. The van der Waals surface area contributed by atoms with E-state index in [-0.39, 0.29) is 16.8 Å². The maximum absolute atomic E-state index is 14.0. The zero-order chi connectivity index (χ0) is 19.4. The fourth-order valence-corrected chi connectivity index (χ4v) is 3.37. The summed E-state index contributed by atoms with van der Waals surface area (Å²) in [5.74, 6) is -2.93. The van der Waals surface area contributed by atoms with Crippen LogP contribution in [0, 0.1) is 11.6 Å². The number of carboxylic acid groups (broad SMARTS) is 1. The van der Waals surface area contributed by atoms with Crippen LogP contribution < -0.4 is 5.32 Å². The van der Waals surface area contributed by atoms with Crippen molar-refractivity contribution in [3.63, 3.8) is 0 Å². The summed E-state index contributed by atoms with van der Waals surface area (Å²) in [6.07, 6.45) is -0.489. The Morgan fingerprint density at radius 1 is 1.07 bits per heavy atom. The molecule has 0 aliphatic rings. The Labute approximate surface area is 157 Å². The lowest BCUT2D eigenvalue weighted by Crippen LogP contribution is -2.31. The molecule has 0 saturated heterocycles. The van der Waals surface area contributed by atoms with Crippen LogP contribution in [0.15, 0.2) is 53.9 Å². The van der Waals surface area contributed by atoms with Crippen LogP contribution in [-0.2, 0) is 4.79 Å². The van der Waals surface area contributed by atoms with Gasteiger partial charge in [-0.05, 0) is 18.2 Å². The van der Waals surface area contributed by atoms with Crippen molar-refractivity contribution in [2.75, 3.05) is 0 Å². The average Bonchev–Trinajstić information content (AvgIpc) is 3.11. The summed E-state index contributed by atoms with van der Waals surface area (Å²) >= 11 is 1.08. The average molecular weight is 388 g/mol. The highest BCUT2D eigenvalue weighted by atomic mass is 32.1. The second-order valence-electron chi connectivity index (χ2n) is 5.66. The normalized spacial score (nSPS) is 11.8. The number of hydrogen-bond donors (Lipinski definition) is 2. The second kappa shape index (κ2) is 8.05. The number of thiazole rings is 1. The van der Waals surface area contributed by atoms with E-state index in [9.17, 15) is 18.4 Å². The molecule has 0 saturated carbocycles. The van der Waals surface area contributed by atoms with Gasteiger partial charge >= 0.3 is 5.97 Å². The second-order valence-corrected chi connectivity index (χ2v) is 6.52. The predicted molar refractivity (Wildman–Crippen MR) is 96.4 cm³/mol. The molecule has 2 aromatic carbocycles. The van der Waals surface area contributed by atoms with E-state index in [0.29, 0.717) is 5.01 Å². The Morgan fingerprint density at radius 3 is 2.41 bits per heavy atom. The zero-order valence-electron chi connectivity index (χ0n) is 13.9. The van der Waals surface area contributed by atoms with Crippen LogP contribution >= 0.6 is 11.3 Å². The largest absolute Gasteiger partial charge is 0.481 e. The first-order chi connectivity index (χ1) is 13.0.